The van der Waals surface area contributed by atoms with Crippen LogP contribution in [0.3, 0.4) is 0 Å². The van der Waals surface area contributed by atoms with E-state index in [9.17, 15) is 47.4 Å². The van der Waals surface area contributed by atoms with Crippen molar-refractivity contribution in [2.45, 2.75) is 74.0 Å². The van der Waals surface area contributed by atoms with Crippen LogP contribution < -0.4 is 4.74 Å². The van der Waals surface area contributed by atoms with Gasteiger partial charge >= 0.3 is 36.0 Å². The van der Waals surface area contributed by atoms with Crippen molar-refractivity contribution in [3.05, 3.63) is 35.1 Å². The summed E-state index contributed by atoms with van der Waals surface area (Å²) in [5.41, 5.74) is -0.793. The smallest absolute Gasteiger partial charge is 0.491 e. The number of likely N-dealkylation sites (N-methyl/N-ethyl adjacent to an activating group) is 1. The van der Waals surface area contributed by atoms with E-state index in [0.29, 0.717) is 24.9 Å². The second-order valence-electron chi connectivity index (χ2n) is 10.9. The average molecular weight is 613 g/mol. The van der Waals surface area contributed by atoms with Gasteiger partial charge in [-0.15, -0.1) is 0 Å². The quantitative estimate of drug-likeness (QED) is 0.215. The summed E-state index contributed by atoms with van der Waals surface area (Å²) < 4.78 is 57.0. The number of halogens is 3. The molecule has 0 amide bonds. The highest BCUT2D eigenvalue weighted by Crippen LogP contribution is 2.65. The Morgan fingerprint density at radius 3 is 2.53 bits per heavy atom. The Hall–Kier alpha value is -4.18. The SMILES string of the molecule is CN1CC[C@]23c4c5ccc(O)c4O[C@H]2C(OC(=O)CCC(=O)O[C@H](CC(=O)O)C(=O)OC(=O)C(F)(F)F)=CC[C@@]3(O)[C@H]1C5. The minimum absolute atomic E-state index is 0.0489. The highest BCUT2D eigenvalue weighted by atomic mass is 19.4. The molecule has 1 aromatic carbocycles. The highest BCUT2D eigenvalue weighted by Gasteiger charge is 2.72. The summed E-state index contributed by atoms with van der Waals surface area (Å²) in [5, 5.41) is 31.5. The molecule has 43 heavy (non-hydrogen) atoms. The number of rotatable bonds is 8. The average Bonchev–Trinajstić information content (AvgIpc) is 3.27. The van der Waals surface area contributed by atoms with E-state index in [1.807, 2.05) is 7.05 Å². The number of benzene rings is 1. The number of aliphatic carboxylic acids is 1. The molecule has 2 heterocycles. The molecule has 232 valence electrons. The zero-order valence-corrected chi connectivity index (χ0v) is 22.5. The number of aromatic hydroxyl groups is 1. The van der Waals surface area contributed by atoms with Gasteiger partial charge in [-0.05, 0) is 44.1 Å². The molecule has 5 atom stereocenters. The van der Waals surface area contributed by atoms with Crippen LogP contribution in [0.5, 0.6) is 11.5 Å². The molecule has 16 heteroatoms. The number of carboxylic acid groups (broad SMARTS) is 1. The summed E-state index contributed by atoms with van der Waals surface area (Å²) in [6.07, 6.45) is -9.13. The zero-order chi connectivity index (χ0) is 31.5. The van der Waals surface area contributed by atoms with Crippen molar-refractivity contribution in [3.8, 4) is 11.5 Å². The van der Waals surface area contributed by atoms with Gasteiger partial charge in [0.15, 0.2) is 17.6 Å². The van der Waals surface area contributed by atoms with Crippen LogP contribution in [0.15, 0.2) is 24.0 Å². The summed E-state index contributed by atoms with van der Waals surface area (Å²) in [5.74, 6) is -8.95. The number of aliphatic hydroxyl groups is 1. The summed E-state index contributed by atoms with van der Waals surface area (Å²) in [4.78, 5) is 60.8. The van der Waals surface area contributed by atoms with Crippen molar-refractivity contribution in [2.75, 3.05) is 13.6 Å². The molecule has 3 N–H and O–H groups in total. The molecule has 1 spiro atoms. The van der Waals surface area contributed by atoms with Crippen molar-refractivity contribution in [1.82, 2.24) is 4.90 Å². The van der Waals surface area contributed by atoms with Crippen LogP contribution in [0, 0.1) is 0 Å². The molecule has 1 saturated heterocycles. The summed E-state index contributed by atoms with van der Waals surface area (Å²) >= 11 is 0. The zero-order valence-electron chi connectivity index (χ0n) is 22.5. The Bertz CT molecular complexity index is 1440. The van der Waals surface area contributed by atoms with Gasteiger partial charge < -0.3 is 39.2 Å². The third-order valence-corrected chi connectivity index (χ3v) is 8.44. The maximum absolute atomic E-state index is 12.8. The predicted molar refractivity (Wildman–Crippen MR) is 131 cm³/mol. The number of carbonyl (C=O) groups excluding carboxylic acids is 4. The number of alkyl halides is 3. The lowest BCUT2D eigenvalue weighted by atomic mass is 9.50. The third-order valence-electron chi connectivity index (χ3n) is 8.44. The molecule has 1 fully saturated rings. The number of nitrogens with zero attached hydrogens (tertiary/aromatic N) is 1. The van der Waals surface area contributed by atoms with Crippen LogP contribution in [0.25, 0.3) is 0 Å². The van der Waals surface area contributed by atoms with Gasteiger partial charge in [0.05, 0.1) is 30.3 Å². The molecule has 2 bridgehead atoms. The van der Waals surface area contributed by atoms with Crippen LogP contribution in [-0.2, 0) is 50.0 Å². The van der Waals surface area contributed by atoms with Gasteiger partial charge in [0.2, 0.25) is 6.10 Å². The molecule has 2 aliphatic carbocycles. The van der Waals surface area contributed by atoms with Crippen molar-refractivity contribution in [3.63, 3.8) is 0 Å². The topological polar surface area (TPSA) is 186 Å². The van der Waals surface area contributed by atoms with Crippen molar-refractivity contribution < 1.29 is 71.4 Å². The van der Waals surface area contributed by atoms with E-state index >= 15 is 0 Å². The van der Waals surface area contributed by atoms with E-state index in [-0.39, 0.29) is 29.7 Å². The Kier molecular flexibility index (Phi) is 7.41. The Morgan fingerprint density at radius 1 is 1.16 bits per heavy atom. The summed E-state index contributed by atoms with van der Waals surface area (Å²) in [6.45, 7) is 0.586. The van der Waals surface area contributed by atoms with Crippen LogP contribution >= 0.6 is 0 Å². The molecule has 0 unspecified atom stereocenters. The van der Waals surface area contributed by atoms with Crippen LogP contribution in [0.4, 0.5) is 13.2 Å². The van der Waals surface area contributed by atoms with E-state index in [1.165, 1.54) is 12.1 Å². The van der Waals surface area contributed by atoms with E-state index in [1.54, 1.807) is 6.07 Å². The standard InChI is InChI=1S/C27H26F3NO12/c1-31-9-8-25-20-12-2-3-13(32)21(20)42-22(25)14(6-7-26(25,39)16(31)10-12)40-18(35)4-5-19(36)41-15(11-17(33)34)23(37)43-24(38)27(28,29)30/h2-3,6,15-16,22,32,39H,4-5,7-11H2,1H3,(H,33,34)/t15-,16-,22+,25+,26-/m1/s1. The van der Waals surface area contributed by atoms with Crippen LogP contribution in [0.2, 0.25) is 0 Å². The summed E-state index contributed by atoms with van der Waals surface area (Å²) in [7, 11) is 1.90. The van der Waals surface area contributed by atoms with Gasteiger partial charge in [0.25, 0.3) is 0 Å². The van der Waals surface area contributed by atoms with E-state index < -0.39 is 78.5 Å². The van der Waals surface area contributed by atoms with Gasteiger partial charge in [-0.2, -0.15) is 13.2 Å². The molecule has 13 nitrogen and oxygen atoms in total. The number of carbonyl (C=O) groups is 5. The Balaban J connectivity index is 1.27. The molecular formula is C27H26F3NO12. The highest BCUT2D eigenvalue weighted by molar-refractivity contribution is 5.93. The number of carboxylic acids is 1. The molecule has 0 saturated carbocycles. The minimum Gasteiger partial charge on any atom is -0.504 e. The number of piperidine rings is 1. The number of phenolic OH excluding ortho intramolecular Hbond substituents is 1. The fourth-order valence-electron chi connectivity index (χ4n) is 6.59. The molecule has 0 radical (unpaired) electrons. The molecule has 5 rings (SSSR count). The molecule has 2 aliphatic heterocycles. The van der Waals surface area contributed by atoms with Gasteiger partial charge in [-0.3, -0.25) is 14.4 Å². The largest absolute Gasteiger partial charge is 0.504 e. The maximum Gasteiger partial charge on any atom is 0.491 e. The number of likely N-dealkylation sites (tertiary alicyclic amines) is 1. The second kappa shape index (κ2) is 10.5. The number of hydrogen-bond donors (Lipinski definition) is 3. The van der Waals surface area contributed by atoms with Crippen molar-refractivity contribution in [1.29, 1.82) is 0 Å². The van der Waals surface area contributed by atoms with E-state index in [0.717, 1.165) is 5.56 Å². The number of phenols is 1. The fraction of sp³-hybridized carbons (Fsp3) is 0.519. The Labute approximate surface area is 240 Å². The van der Waals surface area contributed by atoms with Crippen LogP contribution in [-0.4, -0.2) is 93.7 Å². The number of esters is 4. The van der Waals surface area contributed by atoms with Gasteiger partial charge in [-0.1, -0.05) is 6.07 Å². The first-order valence-electron chi connectivity index (χ1n) is 13.2. The van der Waals surface area contributed by atoms with E-state index in [2.05, 4.69) is 14.4 Å². The first kappa shape index (κ1) is 30.3. The maximum atomic E-state index is 12.8. The lowest BCUT2D eigenvalue weighted by Gasteiger charge is -2.61. The second-order valence-corrected chi connectivity index (χ2v) is 10.9. The van der Waals surface area contributed by atoms with Crippen molar-refractivity contribution in [2.24, 2.45) is 0 Å². The monoisotopic (exact) mass is 613 g/mol. The number of hydrogen-bond acceptors (Lipinski definition) is 12. The lowest BCUT2D eigenvalue weighted by molar-refractivity contribution is -0.206. The molecular weight excluding hydrogens is 587 g/mol. The number of ether oxygens (including phenoxy) is 4. The summed E-state index contributed by atoms with van der Waals surface area (Å²) in [6, 6.07) is 2.99. The molecule has 4 aliphatic rings. The van der Waals surface area contributed by atoms with Gasteiger partial charge in [-0.25, -0.2) is 9.59 Å². The predicted octanol–water partition coefficient (Wildman–Crippen LogP) is 1.01. The van der Waals surface area contributed by atoms with Crippen LogP contribution in [0.1, 0.15) is 43.2 Å². The third kappa shape index (κ3) is 4.97. The molecule has 0 aromatic heterocycles. The lowest BCUT2D eigenvalue weighted by Crippen LogP contribution is -2.74. The van der Waals surface area contributed by atoms with Gasteiger partial charge in [0.1, 0.15) is 5.76 Å². The first-order valence-corrected chi connectivity index (χ1v) is 13.2. The molecule has 1 aromatic rings. The van der Waals surface area contributed by atoms with E-state index in [4.69, 9.17) is 14.6 Å². The van der Waals surface area contributed by atoms with Crippen molar-refractivity contribution >= 4 is 29.8 Å². The minimum atomic E-state index is -5.56. The fourth-order valence-corrected chi connectivity index (χ4v) is 6.59. The normalized spacial score (nSPS) is 27.6. The Morgan fingerprint density at radius 2 is 1.86 bits per heavy atom. The first-order chi connectivity index (χ1) is 20.1. The van der Waals surface area contributed by atoms with Gasteiger partial charge in [0, 0.05) is 18.0 Å².